The Hall–Kier alpha value is -2.88. The van der Waals surface area contributed by atoms with E-state index in [0.29, 0.717) is 19.3 Å². The molecule has 0 bridgehead atoms. The molecule has 0 amide bonds. The van der Waals surface area contributed by atoms with E-state index in [0.717, 1.165) is 59.9 Å². The average molecular weight is 503 g/mol. The zero-order valence-electron chi connectivity index (χ0n) is 23.2. The van der Waals surface area contributed by atoms with Gasteiger partial charge in [-0.05, 0) is 74.1 Å². The maximum absolute atomic E-state index is 13.3. The van der Waals surface area contributed by atoms with Gasteiger partial charge in [-0.15, -0.1) is 0 Å². The summed E-state index contributed by atoms with van der Waals surface area (Å²) in [4.78, 5) is 50.5. The summed E-state index contributed by atoms with van der Waals surface area (Å²) < 4.78 is 0. The van der Waals surface area contributed by atoms with Gasteiger partial charge in [0.15, 0.2) is 5.78 Å². The van der Waals surface area contributed by atoms with E-state index < -0.39 is 0 Å². The topological polar surface area (TPSA) is 68.3 Å². The number of carbonyl (C=O) groups is 4. The molecule has 3 atom stereocenters. The first kappa shape index (κ1) is 28.7. The van der Waals surface area contributed by atoms with Crippen molar-refractivity contribution in [1.82, 2.24) is 0 Å². The Morgan fingerprint density at radius 3 is 2.27 bits per heavy atom. The Morgan fingerprint density at radius 2 is 1.65 bits per heavy atom. The van der Waals surface area contributed by atoms with Crippen molar-refractivity contribution < 1.29 is 19.2 Å². The van der Waals surface area contributed by atoms with Crippen molar-refractivity contribution in [2.24, 2.45) is 17.8 Å². The van der Waals surface area contributed by atoms with Crippen LogP contribution < -0.4 is 0 Å². The molecule has 0 N–H and O–H groups in total. The summed E-state index contributed by atoms with van der Waals surface area (Å²) in [6.07, 6.45) is 5.50. The molecule has 1 aliphatic carbocycles. The molecule has 3 rings (SSSR count). The molecule has 0 radical (unpaired) electrons. The lowest BCUT2D eigenvalue weighted by molar-refractivity contribution is -0.130. The molecule has 2 aromatic carbocycles. The second kappa shape index (κ2) is 13.1. The maximum Gasteiger partial charge on any atom is 0.163 e. The number of Topliss-reactive ketones (excluding diaryl/α,β-unsaturated/α-hetero) is 4. The zero-order valence-corrected chi connectivity index (χ0v) is 23.2. The third-order valence-electron chi connectivity index (χ3n) is 7.98. The first-order valence-corrected chi connectivity index (χ1v) is 13.9. The fourth-order valence-electron chi connectivity index (χ4n) is 6.17. The number of hydrogen-bond acceptors (Lipinski definition) is 4. The van der Waals surface area contributed by atoms with Gasteiger partial charge in [0.05, 0.1) is 6.42 Å². The number of fused-ring (bicyclic) bond motifs is 1. The predicted octanol–water partition coefficient (Wildman–Crippen LogP) is 6.78. The largest absolute Gasteiger partial charge is 0.300 e. The van der Waals surface area contributed by atoms with E-state index in [9.17, 15) is 19.2 Å². The summed E-state index contributed by atoms with van der Waals surface area (Å²) in [5.41, 5.74) is 5.92. The molecule has 3 unspecified atom stereocenters. The quantitative estimate of drug-likeness (QED) is 0.283. The molecule has 0 fully saturated rings. The number of aryl methyl sites for hydroxylation is 1. The van der Waals surface area contributed by atoms with Gasteiger partial charge >= 0.3 is 0 Å². The van der Waals surface area contributed by atoms with Crippen molar-refractivity contribution in [3.8, 4) is 0 Å². The highest BCUT2D eigenvalue weighted by atomic mass is 16.1. The standard InChI is InChI=1S/C33H42O4/c1-6-8-27(30(7-2)31(36)15-22(4)34)16-25-17-28-14-13-26(23(5)33(28)32(37)19-25)20-29(35)18-24-11-9-21(3)10-12-24/h9-14,25,27,30H,6-8,15-20H2,1-5H3. The van der Waals surface area contributed by atoms with Crippen molar-refractivity contribution >= 4 is 23.1 Å². The Balaban J connectivity index is 1.72. The Morgan fingerprint density at radius 1 is 0.946 bits per heavy atom. The highest BCUT2D eigenvalue weighted by Gasteiger charge is 2.33. The van der Waals surface area contributed by atoms with Crippen LogP contribution in [0.15, 0.2) is 36.4 Å². The molecule has 198 valence electrons. The normalized spacial score (nSPS) is 16.7. The van der Waals surface area contributed by atoms with Crippen LogP contribution in [0.2, 0.25) is 0 Å². The number of benzene rings is 2. The second-order valence-electron chi connectivity index (χ2n) is 11.1. The van der Waals surface area contributed by atoms with Crippen LogP contribution in [-0.4, -0.2) is 23.1 Å². The molecular formula is C33H42O4. The average Bonchev–Trinajstić information content (AvgIpc) is 2.82. The molecule has 37 heavy (non-hydrogen) atoms. The number of carbonyl (C=O) groups excluding carboxylic acids is 4. The van der Waals surface area contributed by atoms with Gasteiger partial charge in [-0.3, -0.25) is 19.2 Å². The van der Waals surface area contributed by atoms with Crippen LogP contribution in [-0.2, 0) is 33.6 Å². The van der Waals surface area contributed by atoms with E-state index in [1.807, 2.05) is 57.2 Å². The lowest BCUT2D eigenvalue weighted by atomic mass is 9.72. The van der Waals surface area contributed by atoms with Crippen LogP contribution in [0.4, 0.5) is 0 Å². The molecule has 0 saturated carbocycles. The lowest BCUT2D eigenvalue weighted by Crippen LogP contribution is -2.30. The van der Waals surface area contributed by atoms with Crippen LogP contribution in [0.1, 0.15) is 97.5 Å². The fraction of sp³-hybridized carbons (Fsp3) is 0.515. The summed E-state index contributed by atoms with van der Waals surface area (Å²) in [6, 6.07) is 12.1. The first-order valence-electron chi connectivity index (χ1n) is 13.9. The Bertz CT molecular complexity index is 1140. The Labute approximate surface area is 222 Å². The molecule has 0 aliphatic heterocycles. The molecule has 2 aromatic rings. The molecule has 4 heteroatoms. The van der Waals surface area contributed by atoms with Gasteiger partial charge in [-0.2, -0.15) is 0 Å². The van der Waals surface area contributed by atoms with Gasteiger partial charge in [-0.1, -0.05) is 68.7 Å². The maximum atomic E-state index is 13.3. The molecule has 4 nitrogen and oxygen atoms in total. The third kappa shape index (κ3) is 7.56. The predicted molar refractivity (Wildman–Crippen MR) is 148 cm³/mol. The van der Waals surface area contributed by atoms with E-state index in [-0.39, 0.29) is 47.3 Å². The molecule has 0 saturated heterocycles. The molecule has 1 aliphatic rings. The summed E-state index contributed by atoms with van der Waals surface area (Å²) in [6.45, 7) is 9.63. The van der Waals surface area contributed by atoms with Gasteiger partial charge in [-0.25, -0.2) is 0 Å². The number of ketones is 4. The summed E-state index contributed by atoms with van der Waals surface area (Å²) in [5.74, 6) is 0.538. The zero-order chi connectivity index (χ0) is 27.1. The van der Waals surface area contributed by atoms with Crippen molar-refractivity contribution in [1.29, 1.82) is 0 Å². The van der Waals surface area contributed by atoms with Gasteiger partial charge in [0.2, 0.25) is 0 Å². The molecular weight excluding hydrogens is 460 g/mol. The molecule has 0 spiro atoms. The highest BCUT2D eigenvalue weighted by molar-refractivity contribution is 6.01. The van der Waals surface area contributed by atoms with E-state index in [2.05, 4.69) is 6.92 Å². The summed E-state index contributed by atoms with van der Waals surface area (Å²) in [5, 5.41) is 0. The fourth-order valence-corrected chi connectivity index (χ4v) is 6.17. The number of rotatable bonds is 13. The van der Waals surface area contributed by atoms with Gasteiger partial charge in [0.1, 0.15) is 17.3 Å². The summed E-state index contributed by atoms with van der Waals surface area (Å²) in [7, 11) is 0. The van der Waals surface area contributed by atoms with Crippen LogP contribution in [0.5, 0.6) is 0 Å². The SMILES string of the molecule is CCCC(CC1CC(=O)c2c(ccc(CC(=O)Cc3ccc(C)cc3)c2C)C1)C(CC)C(=O)CC(C)=O. The van der Waals surface area contributed by atoms with E-state index in [1.165, 1.54) is 12.5 Å². The third-order valence-corrected chi connectivity index (χ3v) is 7.98. The minimum absolute atomic E-state index is 0.00968. The van der Waals surface area contributed by atoms with Crippen LogP contribution in [0.3, 0.4) is 0 Å². The van der Waals surface area contributed by atoms with E-state index >= 15 is 0 Å². The van der Waals surface area contributed by atoms with Crippen molar-refractivity contribution in [3.05, 3.63) is 69.8 Å². The van der Waals surface area contributed by atoms with Gasteiger partial charge in [0.25, 0.3) is 0 Å². The van der Waals surface area contributed by atoms with Crippen molar-refractivity contribution in [2.45, 2.75) is 92.4 Å². The molecule has 0 heterocycles. The van der Waals surface area contributed by atoms with Crippen molar-refractivity contribution in [2.75, 3.05) is 0 Å². The summed E-state index contributed by atoms with van der Waals surface area (Å²) >= 11 is 0. The van der Waals surface area contributed by atoms with Crippen LogP contribution >= 0.6 is 0 Å². The van der Waals surface area contributed by atoms with E-state index in [1.54, 1.807) is 0 Å². The minimum Gasteiger partial charge on any atom is -0.300 e. The second-order valence-corrected chi connectivity index (χ2v) is 11.1. The molecule has 0 aromatic heterocycles. The monoisotopic (exact) mass is 502 g/mol. The Kier molecular flexibility index (Phi) is 10.1. The minimum atomic E-state index is -0.121. The number of hydrogen-bond donors (Lipinski definition) is 0. The first-order chi connectivity index (χ1) is 17.6. The van der Waals surface area contributed by atoms with Crippen LogP contribution in [0, 0.1) is 31.6 Å². The smallest absolute Gasteiger partial charge is 0.163 e. The highest BCUT2D eigenvalue weighted by Crippen LogP contribution is 2.37. The van der Waals surface area contributed by atoms with E-state index in [4.69, 9.17) is 0 Å². The van der Waals surface area contributed by atoms with Gasteiger partial charge in [0, 0.05) is 30.7 Å². The van der Waals surface area contributed by atoms with Crippen LogP contribution in [0.25, 0.3) is 0 Å². The van der Waals surface area contributed by atoms with Crippen molar-refractivity contribution in [3.63, 3.8) is 0 Å². The lowest BCUT2D eigenvalue weighted by Gasteiger charge is -2.32. The van der Waals surface area contributed by atoms with Gasteiger partial charge < -0.3 is 0 Å².